The van der Waals surface area contributed by atoms with Gasteiger partial charge in [0.2, 0.25) is 0 Å². The van der Waals surface area contributed by atoms with Gasteiger partial charge < -0.3 is 0 Å². The zero-order valence-electron chi connectivity index (χ0n) is 7.68. The van der Waals surface area contributed by atoms with Crippen molar-refractivity contribution in [2.45, 2.75) is 43.9 Å². The number of hydrogen-bond donors (Lipinski definition) is 0. The van der Waals surface area contributed by atoms with Gasteiger partial charge in [-0.1, -0.05) is 0 Å². The molecule has 2 aliphatic rings. The third kappa shape index (κ3) is 1.92. The maximum atomic E-state index is 12.2. The molecule has 0 radical (unpaired) electrons. The normalized spacial score (nSPS) is 33.8. The van der Waals surface area contributed by atoms with Crippen molar-refractivity contribution in [1.29, 1.82) is 0 Å². The first-order valence-corrected chi connectivity index (χ1v) is 4.80. The van der Waals surface area contributed by atoms with Gasteiger partial charge in [-0.3, -0.25) is 9.69 Å². The molecule has 0 unspecified atom stereocenters. The SMILES string of the molecule is O=C1C[C@H]2CC[C@@H](C1)N2CC(F)(F)F. The highest BCUT2D eigenvalue weighted by atomic mass is 19.4. The largest absolute Gasteiger partial charge is 0.401 e. The summed E-state index contributed by atoms with van der Waals surface area (Å²) in [4.78, 5) is 12.6. The number of ketones is 1. The molecule has 0 spiro atoms. The zero-order valence-corrected chi connectivity index (χ0v) is 7.68. The molecule has 14 heavy (non-hydrogen) atoms. The van der Waals surface area contributed by atoms with E-state index in [-0.39, 0.29) is 17.9 Å². The van der Waals surface area contributed by atoms with Crippen LogP contribution in [0.2, 0.25) is 0 Å². The molecule has 0 amide bonds. The standard InChI is InChI=1S/C9H12F3NO/c10-9(11,12)5-13-6-1-2-7(13)4-8(14)3-6/h6-7H,1-5H2/t6-,7+. The Labute approximate surface area is 80.1 Å². The van der Waals surface area contributed by atoms with Gasteiger partial charge in [-0.15, -0.1) is 0 Å². The van der Waals surface area contributed by atoms with E-state index in [2.05, 4.69) is 0 Å². The summed E-state index contributed by atoms with van der Waals surface area (Å²) in [5.41, 5.74) is 0. The molecule has 2 bridgehead atoms. The molecule has 0 aliphatic carbocycles. The van der Waals surface area contributed by atoms with Crippen molar-refractivity contribution in [1.82, 2.24) is 4.90 Å². The first-order chi connectivity index (χ1) is 6.46. The van der Waals surface area contributed by atoms with Crippen LogP contribution in [0, 0.1) is 0 Å². The summed E-state index contributed by atoms with van der Waals surface area (Å²) < 4.78 is 36.6. The number of nitrogens with zero attached hydrogens (tertiary/aromatic N) is 1. The van der Waals surface area contributed by atoms with Gasteiger partial charge in [0.15, 0.2) is 0 Å². The fraction of sp³-hybridized carbons (Fsp3) is 0.889. The van der Waals surface area contributed by atoms with Crippen molar-refractivity contribution in [3.05, 3.63) is 0 Å². The molecule has 2 rings (SSSR count). The van der Waals surface area contributed by atoms with Crippen molar-refractivity contribution in [3.63, 3.8) is 0 Å². The number of carbonyl (C=O) groups is 1. The number of rotatable bonds is 1. The predicted octanol–water partition coefficient (Wildman–Crippen LogP) is 1.74. The van der Waals surface area contributed by atoms with Crippen LogP contribution < -0.4 is 0 Å². The lowest BCUT2D eigenvalue weighted by molar-refractivity contribution is -0.158. The minimum absolute atomic E-state index is 0.121. The molecule has 5 heteroatoms. The highest BCUT2D eigenvalue weighted by Gasteiger charge is 2.44. The fourth-order valence-corrected chi connectivity index (χ4v) is 2.53. The number of hydrogen-bond acceptors (Lipinski definition) is 2. The second kappa shape index (κ2) is 3.22. The number of piperidine rings is 1. The summed E-state index contributed by atoms with van der Waals surface area (Å²) in [5.74, 6) is 0.121. The van der Waals surface area contributed by atoms with Crippen LogP contribution in [0.3, 0.4) is 0 Å². The average Bonchev–Trinajstić information content (AvgIpc) is 2.31. The maximum Gasteiger partial charge on any atom is 0.401 e. The van der Waals surface area contributed by atoms with E-state index in [0.717, 1.165) is 12.8 Å². The summed E-state index contributed by atoms with van der Waals surface area (Å²) in [6, 6.07) is -0.300. The van der Waals surface area contributed by atoms with Gasteiger partial charge in [0.05, 0.1) is 6.54 Å². The highest BCUT2D eigenvalue weighted by Crippen LogP contribution is 2.35. The van der Waals surface area contributed by atoms with E-state index in [0.29, 0.717) is 12.8 Å². The molecule has 0 aromatic rings. The molecule has 2 nitrogen and oxygen atoms in total. The van der Waals surface area contributed by atoms with E-state index in [9.17, 15) is 18.0 Å². The van der Waals surface area contributed by atoms with Crippen LogP contribution in [0.4, 0.5) is 13.2 Å². The Bertz CT molecular complexity index is 235. The maximum absolute atomic E-state index is 12.2. The average molecular weight is 207 g/mol. The lowest BCUT2D eigenvalue weighted by Crippen LogP contribution is -2.47. The van der Waals surface area contributed by atoms with E-state index in [1.54, 1.807) is 0 Å². The monoisotopic (exact) mass is 207 g/mol. The molecule has 2 atom stereocenters. The molecule has 0 saturated carbocycles. The van der Waals surface area contributed by atoms with Crippen LogP contribution in [0.5, 0.6) is 0 Å². The van der Waals surface area contributed by atoms with Crippen molar-refractivity contribution in [2.24, 2.45) is 0 Å². The summed E-state index contributed by atoms with van der Waals surface area (Å²) >= 11 is 0. The molecular formula is C9H12F3NO. The number of halogens is 3. The van der Waals surface area contributed by atoms with E-state index < -0.39 is 12.7 Å². The van der Waals surface area contributed by atoms with Crippen LogP contribution in [0.15, 0.2) is 0 Å². The molecule has 2 fully saturated rings. The Morgan fingerprint density at radius 1 is 1.21 bits per heavy atom. The lowest BCUT2D eigenvalue weighted by atomic mass is 10.0. The van der Waals surface area contributed by atoms with E-state index in [1.807, 2.05) is 0 Å². The highest BCUT2D eigenvalue weighted by molar-refractivity contribution is 5.80. The molecule has 0 aromatic carbocycles. The van der Waals surface area contributed by atoms with Crippen LogP contribution in [-0.4, -0.2) is 35.5 Å². The Hall–Kier alpha value is -0.580. The number of fused-ring (bicyclic) bond motifs is 2. The van der Waals surface area contributed by atoms with Gasteiger partial charge in [-0.25, -0.2) is 0 Å². The van der Waals surface area contributed by atoms with Gasteiger partial charge in [-0.05, 0) is 12.8 Å². The van der Waals surface area contributed by atoms with Crippen LogP contribution in [-0.2, 0) is 4.79 Å². The second-order valence-electron chi connectivity index (χ2n) is 4.12. The smallest absolute Gasteiger partial charge is 0.300 e. The molecule has 2 heterocycles. The third-order valence-corrected chi connectivity index (χ3v) is 3.06. The number of carbonyl (C=O) groups excluding carboxylic acids is 1. The van der Waals surface area contributed by atoms with Gasteiger partial charge >= 0.3 is 6.18 Å². The Kier molecular flexibility index (Phi) is 2.29. The zero-order chi connectivity index (χ0) is 10.3. The lowest BCUT2D eigenvalue weighted by Gasteiger charge is -2.34. The number of alkyl halides is 3. The Morgan fingerprint density at radius 2 is 1.71 bits per heavy atom. The predicted molar refractivity (Wildman–Crippen MR) is 43.8 cm³/mol. The van der Waals surface area contributed by atoms with Gasteiger partial charge in [0.1, 0.15) is 5.78 Å². The molecule has 2 aliphatic heterocycles. The number of Topliss-reactive ketones (excluding diaryl/α,β-unsaturated/α-hetero) is 1. The van der Waals surface area contributed by atoms with Crippen LogP contribution in [0.1, 0.15) is 25.7 Å². The second-order valence-corrected chi connectivity index (χ2v) is 4.12. The van der Waals surface area contributed by atoms with Crippen LogP contribution in [0.25, 0.3) is 0 Å². The summed E-state index contributed by atoms with van der Waals surface area (Å²) in [6.45, 7) is -0.852. The minimum Gasteiger partial charge on any atom is -0.300 e. The van der Waals surface area contributed by atoms with Gasteiger partial charge in [0, 0.05) is 24.9 Å². The first kappa shape index (κ1) is 9.96. The van der Waals surface area contributed by atoms with Crippen LogP contribution >= 0.6 is 0 Å². The first-order valence-electron chi connectivity index (χ1n) is 4.80. The van der Waals surface area contributed by atoms with Crippen molar-refractivity contribution in [2.75, 3.05) is 6.54 Å². The van der Waals surface area contributed by atoms with Crippen molar-refractivity contribution in [3.8, 4) is 0 Å². The topological polar surface area (TPSA) is 20.3 Å². The minimum atomic E-state index is -4.14. The van der Waals surface area contributed by atoms with Gasteiger partial charge in [-0.2, -0.15) is 13.2 Å². The molecule has 0 N–H and O–H groups in total. The Morgan fingerprint density at radius 3 is 2.14 bits per heavy atom. The molecule has 0 aromatic heterocycles. The summed E-state index contributed by atoms with van der Waals surface area (Å²) in [6.07, 6.45) is -2.03. The summed E-state index contributed by atoms with van der Waals surface area (Å²) in [5, 5.41) is 0. The van der Waals surface area contributed by atoms with E-state index in [1.165, 1.54) is 4.90 Å². The quantitative estimate of drug-likeness (QED) is 0.652. The summed E-state index contributed by atoms with van der Waals surface area (Å²) in [7, 11) is 0. The van der Waals surface area contributed by atoms with Crippen molar-refractivity contribution < 1.29 is 18.0 Å². The van der Waals surface area contributed by atoms with E-state index >= 15 is 0 Å². The molecule has 2 saturated heterocycles. The fourth-order valence-electron chi connectivity index (χ4n) is 2.53. The van der Waals surface area contributed by atoms with Gasteiger partial charge in [0.25, 0.3) is 0 Å². The Balaban J connectivity index is 2.04. The van der Waals surface area contributed by atoms with E-state index in [4.69, 9.17) is 0 Å². The molecular weight excluding hydrogens is 195 g/mol. The van der Waals surface area contributed by atoms with Crippen molar-refractivity contribution >= 4 is 5.78 Å². The molecule has 80 valence electrons. The third-order valence-electron chi connectivity index (χ3n) is 3.06.